The molecule has 0 atom stereocenters. The van der Waals surface area contributed by atoms with Gasteiger partial charge in [0.15, 0.2) is 0 Å². The van der Waals surface area contributed by atoms with Crippen LogP contribution in [0.1, 0.15) is 43.7 Å². The molecule has 0 aliphatic heterocycles. The summed E-state index contributed by atoms with van der Waals surface area (Å²) in [6.45, 7) is 2.19. The van der Waals surface area contributed by atoms with Gasteiger partial charge < -0.3 is 0 Å². The van der Waals surface area contributed by atoms with Crippen LogP contribution in [0.4, 0.5) is 0 Å². The van der Waals surface area contributed by atoms with E-state index in [9.17, 15) is 0 Å². The largest absolute Gasteiger partial charge is 0.256 e. The topological polar surface area (TPSA) is 12.9 Å². The molecule has 0 aliphatic carbocycles. The summed E-state index contributed by atoms with van der Waals surface area (Å²) in [5.41, 5.74) is 2.25. The van der Waals surface area contributed by atoms with Gasteiger partial charge in [0.05, 0.1) is 11.2 Å². The van der Waals surface area contributed by atoms with E-state index in [1.807, 2.05) is 18.2 Å². The van der Waals surface area contributed by atoms with Gasteiger partial charge in [0.2, 0.25) is 0 Å². The number of hydrogen-bond acceptors (Lipinski definition) is 1. The molecule has 0 N–H and O–H groups in total. The van der Waals surface area contributed by atoms with E-state index in [2.05, 4.69) is 18.0 Å². The lowest BCUT2D eigenvalue weighted by Gasteiger charge is -2.05. The predicted molar refractivity (Wildman–Crippen MR) is 77.5 cm³/mol. The summed E-state index contributed by atoms with van der Waals surface area (Å²) >= 11 is 0. The van der Waals surface area contributed by atoms with Gasteiger partial charge in [-0.1, -0.05) is 50.4 Å². The molecule has 0 bridgehead atoms. The molecule has 0 radical (unpaired) electrons. The zero-order valence-electron chi connectivity index (χ0n) is 14.8. The van der Waals surface area contributed by atoms with Gasteiger partial charge in [0.1, 0.15) is 0 Å². The van der Waals surface area contributed by atoms with Crippen LogP contribution < -0.4 is 0 Å². The highest BCUT2D eigenvalue weighted by Gasteiger charge is 1.99. The summed E-state index contributed by atoms with van der Waals surface area (Å²) in [6.07, 6.45) is 5.54. The molecule has 1 aromatic carbocycles. The Morgan fingerprint density at radius 2 is 2.11 bits per heavy atom. The molecule has 0 fully saturated rings. The third-order valence-corrected chi connectivity index (χ3v) is 2.99. The monoisotopic (exact) mass is 243 g/mol. The SMILES string of the molecule is [2H]c1nc(-c2cccc(CCCCCC)c2)c([2H])c([2H])c1[2H]. The first-order valence-corrected chi connectivity index (χ1v) is 6.58. The van der Waals surface area contributed by atoms with Crippen LogP contribution in [-0.2, 0) is 6.42 Å². The van der Waals surface area contributed by atoms with E-state index < -0.39 is 0 Å². The maximum atomic E-state index is 7.98. The van der Waals surface area contributed by atoms with Gasteiger partial charge in [-0.25, -0.2) is 0 Å². The van der Waals surface area contributed by atoms with Crippen LogP contribution in [0.2, 0.25) is 0 Å². The third-order valence-electron chi connectivity index (χ3n) is 2.99. The highest BCUT2D eigenvalue weighted by atomic mass is 14.7. The minimum Gasteiger partial charge on any atom is -0.256 e. The number of nitrogens with zero attached hydrogens (tertiary/aromatic N) is 1. The Balaban J connectivity index is 2.26. The fourth-order valence-corrected chi connectivity index (χ4v) is 2.00. The van der Waals surface area contributed by atoms with Crippen LogP contribution in [0.25, 0.3) is 11.3 Å². The number of aryl methyl sites for hydroxylation is 1. The van der Waals surface area contributed by atoms with Crippen molar-refractivity contribution in [2.24, 2.45) is 0 Å². The van der Waals surface area contributed by atoms with Crippen molar-refractivity contribution in [2.75, 3.05) is 0 Å². The van der Waals surface area contributed by atoms with Gasteiger partial charge in [0, 0.05) is 11.7 Å². The second-order valence-electron chi connectivity index (χ2n) is 4.46. The Hall–Kier alpha value is -1.63. The number of rotatable bonds is 6. The number of benzene rings is 1. The summed E-state index contributed by atoms with van der Waals surface area (Å²) in [5, 5.41) is 0. The van der Waals surface area contributed by atoms with Crippen LogP contribution in [0.5, 0.6) is 0 Å². The van der Waals surface area contributed by atoms with Crippen molar-refractivity contribution >= 4 is 0 Å². The quantitative estimate of drug-likeness (QED) is 0.659. The Morgan fingerprint density at radius 1 is 1.17 bits per heavy atom. The Bertz CT molecular complexity index is 655. The zero-order chi connectivity index (χ0) is 16.1. The first kappa shape index (κ1) is 8.47. The van der Waals surface area contributed by atoms with Crippen LogP contribution in [0, 0.1) is 0 Å². The average Bonchev–Trinajstić information content (AvgIpc) is 2.53. The highest BCUT2D eigenvalue weighted by molar-refractivity contribution is 5.59. The van der Waals surface area contributed by atoms with Crippen molar-refractivity contribution in [1.29, 1.82) is 0 Å². The standard InChI is InChI=1S/C17H21N/c1-2-3-4-5-9-15-10-8-11-16(14-15)17-12-6-7-13-18-17/h6-8,10-14H,2-5,9H2,1H3/i6D,7D,12D,13D. The molecule has 1 heterocycles. The Morgan fingerprint density at radius 3 is 3.00 bits per heavy atom. The average molecular weight is 243 g/mol. The van der Waals surface area contributed by atoms with E-state index >= 15 is 0 Å². The van der Waals surface area contributed by atoms with E-state index in [4.69, 9.17) is 5.48 Å². The first-order chi connectivity index (χ1) is 10.5. The zero-order valence-corrected chi connectivity index (χ0v) is 10.8. The third kappa shape index (κ3) is 3.69. The minimum absolute atomic E-state index is 0.0795. The summed E-state index contributed by atoms with van der Waals surface area (Å²) in [7, 11) is 0. The van der Waals surface area contributed by atoms with Crippen LogP contribution >= 0.6 is 0 Å². The van der Waals surface area contributed by atoms with Gasteiger partial charge in [-0.15, -0.1) is 0 Å². The first-order valence-electron chi connectivity index (χ1n) is 8.58. The molecule has 0 saturated carbocycles. The van der Waals surface area contributed by atoms with Gasteiger partial charge in [-0.2, -0.15) is 0 Å². The second-order valence-corrected chi connectivity index (χ2v) is 4.46. The van der Waals surface area contributed by atoms with Crippen molar-refractivity contribution < 1.29 is 5.48 Å². The maximum Gasteiger partial charge on any atom is 0.0840 e. The van der Waals surface area contributed by atoms with Crippen molar-refractivity contribution in [2.45, 2.75) is 39.0 Å². The van der Waals surface area contributed by atoms with Crippen molar-refractivity contribution in [1.82, 2.24) is 4.98 Å². The fourth-order valence-electron chi connectivity index (χ4n) is 2.00. The minimum atomic E-state index is -0.288. The van der Waals surface area contributed by atoms with Crippen LogP contribution in [-0.4, -0.2) is 4.98 Å². The van der Waals surface area contributed by atoms with Crippen molar-refractivity contribution in [3.05, 3.63) is 54.1 Å². The van der Waals surface area contributed by atoms with Gasteiger partial charge in [-0.05, 0) is 36.6 Å². The summed E-state index contributed by atoms with van der Waals surface area (Å²) in [4.78, 5) is 4.03. The van der Waals surface area contributed by atoms with Crippen molar-refractivity contribution in [3.63, 3.8) is 0 Å². The van der Waals surface area contributed by atoms with Crippen molar-refractivity contribution in [3.8, 4) is 11.3 Å². The molecule has 18 heavy (non-hydrogen) atoms. The molecule has 0 unspecified atom stereocenters. The van der Waals surface area contributed by atoms with E-state index in [0.29, 0.717) is 5.69 Å². The summed E-state index contributed by atoms with van der Waals surface area (Å²) in [6, 6.07) is 7.21. The molecule has 0 aliphatic rings. The van der Waals surface area contributed by atoms with Crippen LogP contribution in [0.15, 0.2) is 48.6 Å². The van der Waals surface area contributed by atoms with Gasteiger partial charge >= 0.3 is 0 Å². The summed E-state index contributed by atoms with van der Waals surface area (Å²) in [5.74, 6) is 0. The fraction of sp³-hybridized carbons (Fsp3) is 0.353. The number of hydrogen-bond donors (Lipinski definition) is 0. The molecule has 2 rings (SSSR count). The number of aromatic nitrogens is 1. The Labute approximate surface area is 116 Å². The normalized spacial score (nSPS) is 13.6. The van der Waals surface area contributed by atoms with Crippen LogP contribution in [0.3, 0.4) is 0 Å². The van der Waals surface area contributed by atoms with E-state index in [1.54, 1.807) is 0 Å². The highest BCUT2D eigenvalue weighted by Crippen LogP contribution is 2.19. The second kappa shape index (κ2) is 6.95. The molecule has 0 amide bonds. The van der Waals surface area contributed by atoms with E-state index in [1.165, 1.54) is 24.8 Å². The lowest BCUT2D eigenvalue weighted by molar-refractivity contribution is 0.667. The molecular weight excluding hydrogens is 218 g/mol. The molecular formula is C17H21N. The molecule has 1 heteroatoms. The molecule has 2 aromatic rings. The summed E-state index contributed by atoms with van der Waals surface area (Å²) < 4.78 is 30.9. The predicted octanol–water partition coefficient (Wildman–Crippen LogP) is 4.87. The van der Waals surface area contributed by atoms with Gasteiger partial charge in [-0.3, -0.25) is 4.98 Å². The van der Waals surface area contributed by atoms with E-state index in [-0.39, 0.29) is 24.3 Å². The molecule has 0 spiro atoms. The number of pyridine rings is 1. The van der Waals surface area contributed by atoms with Gasteiger partial charge in [0.25, 0.3) is 0 Å². The van der Waals surface area contributed by atoms with E-state index in [0.717, 1.165) is 18.4 Å². The lowest BCUT2D eigenvalue weighted by atomic mass is 10.0. The molecule has 1 nitrogen and oxygen atoms in total. The number of unbranched alkanes of at least 4 members (excludes halogenated alkanes) is 3. The smallest absolute Gasteiger partial charge is 0.0840 e. The maximum absolute atomic E-state index is 7.98. The Kier molecular flexibility index (Phi) is 3.27. The molecule has 94 valence electrons. The molecule has 0 saturated heterocycles. The molecule has 1 aromatic heterocycles. The lowest BCUT2D eigenvalue weighted by Crippen LogP contribution is -1.88.